The maximum Gasteiger partial charge on any atom is 0.244 e. The molecule has 0 bridgehead atoms. The molecule has 6 nitrogen and oxygen atoms in total. The number of hydrogen-bond acceptors (Lipinski definition) is 4. The second-order valence-electron chi connectivity index (χ2n) is 7.53. The molecule has 1 saturated heterocycles. The average molecular weight is 430 g/mol. The molecule has 1 aromatic heterocycles. The predicted molar refractivity (Wildman–Crippen MR) is 120 cm³/mol. The highest BCUT2D eigenvalue weighted by Crippen LogP contribution is 2.24. The number of benzene rings is 1. The monoisotopic (exact) mass is 429 g/mol. The molecule has 2 aliphatic rings. The zero-order chi connectivity index (χ0) is 20.9. The van der Waals surface area contributed by atoms with E-state index in [1.54, 1.807) is 17.4 Å². The summed E-state index contributed by atoms with van der Waals surface area (Å²) < 4.78 is 14.1. The molecule has 160 valence electrons. The minimum Gasteiger partial charge on any atom is -0.366 e. The van der Waals surface area contributed by atoms with Crippen molar-refractivity contribution in [2.45, 2.75) is 19.9 Å². The highest BCUT2D eigenvalue weighted by molar-refractivity contribution is 7.10. The molecule has 0 unspecified atom stereocenters. The van der Waals surface area contributed by atoms with Crippen LogP contribution < -0.4 is 10.2 Å². The van der Waals surface area contributed by atoms with Crippen LogP contribution in [0.3, 0.4) is 0 Å². The largest absolute Gasteiger partial charge is 0.366 e. The van der Waals surface area contributed by atoms with Gasteiger partial charge in [-0.25, -0.2) is 9.38 Å². The Balaban J connectivity index is 1.35. The van der Waals surface area contributed by atoms with Gasteiger partial charge in [0.15, 0.2) is 5.96 Å². The lowest BCUT2D eigenvalue weighted by atomic mass is 10.1. The molecule has 0 saturated carbocycles. The van der Waals surface area contributed by atoms with Crippen molar-refractivity contribution in [3.8, 4) is 0 Å². The van der Waals surface area contributed by atoms with Gasteiger partial charge in [0.05, 0.1) is 5.69 Å². The van der Waals surface area contributed by atoms with Crippen LogP contribution in [0.15, 0.2) is 40.7 Å². The van der Waals surface area contributed by atoms with Crippen molar-refractivity contribution < 1.29 is 9.18 Å². The number of anilines is 1. The molecule has 0 atom stereocenters. The van der Waals surface area contributed by atoms with Gasteiger partial charge in [-0.2, -0.15) is 0 Å². The number of carbonyl (C=O) groups is 1. The molecule has 1 fully saturated rings. The molecule has 1 amide bonds. The van der Waals surface area contributed by atoms with Crippen LogP contribution in [0.2, 0.25) is 0 Å². The Labute approximate surface area is 181 Å². The second kappa shape index (κ2) is 9.47. The molecule has 8 heteroatoms. The fraction of sp³-hybridized carbons (Fsp3) is 0.455. The Morgan fingerprint density at radius 1 is 1.13 bits per heavy atom. The zero-order valence-electron chi connectivity index (χ0n) is 17.3. The first-order valence-corrected chi connectivity index (χ1v) is 11.4. The Morgan fingerprint density at radius 2 is 1.93 bits per heavy atom. The summed E-state index contributed by atoms with van der Waals surface area (Å²) >= 11 is 1.77. The smallest absolute Gasteiger partial charge is 0.244 e. The maximum absolute atomic E-state index is 14.1. The standard InChI is InChI=1S/C22H28FN5OS/c1-2-24-22(25-15-21(29)28-9-7-20-17(16-28)8-14-30-20)27-12-10-26(11-13-27)19-6-4-3-5-18(19)23/h3-6,8,14H,2,7,9-13,15-16H2,1H3,(H,24,25). The second-order valence-corrected chi connectivity index (χ2v) is 8.53. The summed E-state index contributed by atoms with van der Waals surface area (Å²) in [6.07, 6.45) is 0.931. The number of rotatable bonds is 4. The van der Waals surface area contributed by atoms with Crippen molar-refractivity contribution in [3.05, 3.63) is 52.0 Å². The van der Waals surface area contributed by atoms with Gasteiger partial charge < -0.3 is 20.0 Å². The number of thiophene rings is 1. The van der Waals surface area contributed by atoms with E-state index < -0.39 is 0 Å². The van der Waals surface area contributed by atoms with Crippen molar-refractivity contribution in [2.75, 3.05) is 50.7 Å². The molecule has 2 aliphatic heterocycles. The molecule has 3 heterocycles. The minimum absolute atomic E-state index is 0.0623. The normalized spacial score (nSPS) is 17.1. The van der Waals surface area contributed by atoms with Gasteiger partial charge in [0, 0.05) is 50.7 Å². The van der Waals surface area contributed by atoms with Gasteiger partial charge in [-0.3, -0.25) is 4.79 Å². The van der Waals surface area contributed by atoms with Crippen LogP contribution in [0.5, 0.6) is 0 Å². The van der Waals surface area contributed by atoms with Gasteiger partial charge >= 0.3 is 0 Å². The quantitative estimate of drug-likeness (QED) is 0.600. The van der Waals surface area contributed by atoms with E-state index in [1.165, 1.54) is 16.5 Å². The number of nitrogens with one attached hydrogen (secondary N) is 1. The van der Waals surface area contributed by atoms with Crippen molar-refractivity contribution in [1.82, 2.24) is 15.1 Å². The van der Waals surface area contributed by atoms with E-state index in [1.807, 2.05) is 24.0 Å². The summed E-state index contributed by atoms with van der Waals surface area (Å²) in [4.78, 5) is 24.9. The van der Waals surface area contributed by atoms with Crippen molar-refractivity contribution in [2.24, 2.45) is 4.99 Å². The third-order valence-electron chi connectivity index (χ3n) is 5.63. The van der Waals surface area contributed by atoms with Gasteiger partial charge in [0.2, 0.25) is 5.91 Å². The predicted octanol–water partition coefficient (Wildman–Crippen LogP) is 2.56. The number of para-hydroxylation sites is 1. The van der Waals surface area contributed by atoms with E-state index in [-0.39, 0.29) is 18.3 Å². The van der Waals surface area contributed by atoms with Crippen molar-refractivity contribution in [1.29, 1.82) is 0 Å². The molecular weight excluding hydrogens is 401 g/mol. The van der Waals surface area contributed by atoms with Crippen LogP contribution in [0, 0.1) is 5.82 Å². The lowest BCUT2D eigenvalue weighted by molar-refractivity contribution is -0.130. The Kier molecular flexibility index (Phi) is 6.52. The number of fused-ring (bicyclic) bond motifs is 1. The first-order chi connectivity index (χ1) is 14.7. The third-order valence-corrected chi connectivity index (χ3v) is 6.65. The number of piperazine rings is 1. The molecular formula is C22H28FN5OS. The van der Waals surface area contributed by atoms with E-state index in [9.17, 15) is 9.18 Å². The molecule has 30 heavy (non-hydrogen) atoms. The zero-order valence-corrected chi connectivity index (χ0v) is 18.1. The van der Waals surface area contributed by atoms with E-state index in [4.69, 9.17) is 0 Å². The van der Waals surface area contributed by atoms with Crippen LogP contribution in [0.25, 0.3) is 0 Å². The SMILES string of the molecule is CCNC(=NCC(=O)N1CCc2sccc2C1)N1CCN(c2ccccc2F)CC1. The molecule has 0 aliphatic carbocycles. The molecule has 0 radical (unpaired) electrons. The summed E-state index contributed by atoms with van der Waals surface area (Å²) in [6, 6.07) is 9.01. The Hall–Kier alpha value is -2.61. The summed E-state index contributed by atoms with van der Waals surface area (Å²) in [5.74, 6) is 0.631. The minimum atomic E-state index is -0.188. The van der Waals surface area contributed by atoms with Crippen LogP contribution in [-0.2, 0) is 17.8 Å². The number of carbonyl (C=O) groups excluding carboxylic acids is 1. The first-order valence-electron chi connectivity index (χ1n) is 10.5. The van der Waals surface area contributed by atoms with Crippen LogP contribution in [0.4, 0.5) is 10.1 Å². The summed E-state index contributed by atoms with van der Waals surface area (Å²) in [6.45, 7) is 7.25. The van der Waals surface area contributed by atoms with Gasteiger partial charge in [-0.05, 0) is 42.5 Å². The molecule has 0 spiro atoms. The maximum atomic E-state index is 14.1. The molecule has 4 rings (SSSR count). The fourth-order valence-corrected chi connectivity index (χ4v) is 4.89. The lowest BCUT2D eigenvalue weighted by Gasteiger charge is -2.37. The summed E-state index contributed by atoms with van der Waals surface area (Å²) in [7, 11) is 0. The highest BCUT2D eigenvalue weighted by atomic mass is 32.1. The first kappa shape index (κ1) is 20.7. The fourth-order valence-electron chi connectivity index (χ4n) is 4.00. The Bertz CT molecular complexity index is 906. The van der Waals surface area contributed by atoms with Gasteiger partial charge in [-0.15, -0.1) is 11.3 Å². The van der Waals surface area contributed by atoms with E-state index in [2.05, 4.69) is 31.6 Å². The average Bonchev–Trinajstić information content (AvgIpc) is 3.25. The molecule has 2 aromatic rings. The van der Waals surface area contributed by atoms with E-state index in [0.717, 1.165) is 38.6 Å². The molecule has 1 aromatic carbocycles. The third kappa shape index (κ3) is 4.59. The van der Waals surface area contributed by atoms with Crippen LogP contribution >= 0.6 is 11.3 Å². The van der Waals surface area contributed by atoms with Gasteiger partial charge in [0.1, 0.15) is 12.4 Å². The van der Waals surface area contributed by atoms with Crippen molar-refractivity contribution in [3.63, 3.8) is 0 Å². The van der Waals surface area contributed by atoms with E-state index in [0.29, 0.717) is 25.3 Å². The van der Waals surface area contributed by atoms with Crippen LogP contribution in [0.1, 0.15) is 17.4 Å². The van der Waals surface area contributed by atoms with E-state index >= 15 is 0 Å². The van der Waals surface area contributed by atoms with Gasteiger partial charge in [-0.1, -0.05) is 12.1 Å². The number of hydrogen-bond donors (Lipinski definition) is 1. The lowest BCUT2D eigenvalue weighted by Crippen LogP contribution is -2.53. The van der Waals surface area contributed by atoms with Gasteiger partial charge in [0.25, 0.3) is 0 Å². The summed E-state index contributed by atoms with van der Waals surface area (Å²) in [5.41, 5.74) is 1.91. The van der Waals surface area contributed by atoms with Crippen LogP contribution in [-0.4, -0.2) is 67.5 Å². The topological polar surface area (TPSA) is 51.2 Å². The highest BCUT2D eigenvalue weighted by Gasteiger charge is 2.23. The Morgan fingerprint density at radius 3 is 2.70 bits per heavy atom. The number of nitrogens with zero attached hydrogens (tertiary/aromatic N) is 4. The summed E-state index contributed by atoms with van der Waals surface area (Å²) in [5, 5.41) is 5.40. The number of amides is 1. The van der Waals surface area contributed by atoms with Crippen molar-refractivity contribution >= 4 is 28.9 Å². The number of halogens is 1. The number of guanidine groups is 1. The number of aliphatic imine (C=N–C) groups is 1. The molecule has 1 N–H and O–H groups in total.